The van der Waals surface area contributed by atoms with Crippen LogP contribution in [0.25, 0.3) is 5.57 Å². The van der Waals surface area contributed by atoms with Crippen molar-refractivity contribution in [2.24, 2.45) is 0 Å². The second-order valence-corrected chi connectivity index (χ2v) is 5.87. The van der Waals surface area contributed by atoms with Gasteiger partial charge in [0, 0.05) is 17.8 Å². The SMILES string of the molecule is CO/C=C(/C(=O)O)c1cccc(C)c1Oc1cc(Oc2ccccc2)ccn1. The molecule has 0 bridgehead atoms. The van der Waals surface area contributed by atoms with Crippen LogP contribution in [0.15, 0.2) is 73.1 Å². The summed E-state index contributed by atoms with van der Waals surface area (Å²) in [5.41, 5.74) is 1.14. The number of pyridine rings is 1. The van der Waals surface area contributed by atoms with Crippen molar-refractivity contribution >= 4 is 11.5 Å². The number of hydrogen-bond acceptors (Lipinski definition) is 5. The molecule has 0 aliphatic heterocycles. The van der Waals surface area contributed by atoms with Gasteiger partial charge in [0.2, 0.25) is 5.88 Å². The standard InChI is InChI=1S/C22H19NO5/c1-15-7-6-10-18(19(14-26-2)22(24)25)21(15)28-20-13-17(11-12-23-20)27-16-8-4-3-5-9-16/h3-14H,1-2H3,(H,24,25)/b19-14+. The van der Waals surface area contributed by atoms with Gasteiger partial charge in [-0.25, -0.2) is 9.78 Å². The third kappa shape index (κ3) is 4.48. The fraction of sp³-hybridized carbons (Fsp3) is 0.0909. The van der Waals surface area contributed by atoms with Gasteiger partial charge < -0.3 is 19.3 Å². The van der Waals surface area contributed by atoms with Crippen LogP contribution in [0.1, 0.15) is 11.1 Å². The molecule has 142 valence electrons. The fourth-order valence-electron chi connectivity index (χ4n) is 2.59. The van der Waals surface area contributed by atoms with E-state index in [1.807, 2.05) is 43.3 Å². The maximum atomic E-state index is 11.6. The van der Waals surface area contributed by atoms with E-state index in [9.17, 15) is 9.90 Å². The topological polar surface area (TPSA) is 77.9 Å². The molecular formula is C22H19NO5. The Morgan fingerprint density at radius 1 is 1.00 bits per heavy atom. The van der Waals surface area contributed by atoms with Crippen LogP contribution in [0.3, 0.4) is 0 Å². The molecule has 3 rings (SSSR count). The molecule has 0 amide bonds. The number of nitrogens with zero attached hydrogens (tertiary/aromatic N) is 1. The number of aliphatic carboxylic acids is 1. The summed E-state index contributed by atoms with van der Waals surface area (Å²) in [6, 6.07) is 17.9. The Labute approximate surface area is 162 Å². The Bertz CT molecular complexity index is 999. The summed E-state index contributed by atoms with van der Waals surface area (Å²) in [5.74, 6) is 0.791. The zero-order valence-electron chi connectivity index (χ0n) is 15.5. The Kier molecular flexibility index (Phi) is 5.91. The van der Waals surface area contributed by atoms with E-state index in [1.54, 1.807) is 30.5 Å². The zero-order valence-corrected chi connectivity index (χ0v) is 15.5. The second kappa shape index (κ2) is 8.73. The monoisotopic (exact) mass is 377 g/mol. The van der Waals surface area contributed by atoms with Crippen LogP contribution in [0.2, 0.25) is 0 Å². The van der Waals surface area contributed by atoms with Crippen molar-refractivity contribution in [3.8, 4) is 23.1 Å². The lowest BCUT2D eigenvalue weighted by atomic mass is 10.0. The van der Waals surface area contributed by atoms with Crippen molar-refractivity contribution in [1.82, 2.24) is 4.98 Å². The van der Waals surface area contributed by atoms with Crippen molar-refractivity contribution in [1.29, 1.82) is 0 Å². The van der Waals surface area contributed by atoms with Crippen LogP contribution in [0, 0.1) is 6.92 Å². The summed E-state index contributed by atoms with van der Waals surface area (Å²) < 4.78 is 16.7. The maximum Gasteiger partial charge on any atom is 0.339 e. The predicted octanol–water partition coefficient (Wildman–Crippen LogP) is 5.05. The van der Waals surface area contributed by atoms with Crippen molar-refractivity contribution in [3.63, 3.8) is 0 Å². The highest BCUT2D eigenvalue weighted by Crippen LogP contribution is 2.34. The lowest BCUT2D eigenvalue weighted by molar-refractivity contribution is -0.130. The van der Waals surface area contributed by atoms with Gasteiger partial charge in [0.25, 0.3) is 0 Å². The highest BCUT2D eigenvalue weighted by molar-refractivity contribution is 6.16. The average molecular weight is 377 g/mol. The summed E-state index contributed by atoms with van der Waals surface area (Å²) in [7, 11) is 1.39. The molecule has 0 radical (unpaired) electrons. The number of benzene rings is 2. The molecule has 1 heterocycles. The summed E-state index contributed by atoms with van der Waals surface area (Å²) >= 11 is 0. The molecule has 6 nitrogen and oxygen atoms in total. The number of para-hydroxylation sites is 2. The molecule has 1 N–H and O–H groups in total. The molecule has 3 aromatic rings. The van der Waals surface area contributed by atoms with Crippen molar-refractivity contribution in [2.45, 2.75) is 6.92 Å². The molecular weight excluding hydrogens is 358 g/mol. The van der Waals surface area contributed by atoms with Gasteiger partial charge in [-0.15, -0.1) is 0 Å². The molecule has 0 unspecified atom stereocenters. The molecule has 2 aromatic carbocycles. The van der Waals surface area contributed by atoms with E-state index in [0.29, 0.717) is 22.8 Å². The van der Waals surface area contributed by atoms with Gasteiger partial charge in [-0.3, -0.25) is 0 Å². The van der Waals surface area contributed by atoms with Gasteiger partial charge in [0.1, 0.15) is 22.8 Å². The number of rotatable bonds is 7. The van der Waals surface area contributed by atoms with Crippen LogP contribution in [0.4, 0.5) is 0 Å². The van der Waals surface area contributed by atoms with Crippen LogP contribution in [0.5, 0.6) is 23.1 Å². The van der Waals surface area contributed by atoms with E-state index in [4.69, 9.17) is 14.2 Å². The molecule has 1 aromatic heterocycles. The van der Waals surface area contributed by atoms with Crippen LogP contribution in [-0.2, 0) is 9.53 Å². The van der Waals surface area contributed by atoms with Gasteiger partial charge >= 0.3 is 5.97 Å². The molecule has 0 spiro atoms. The smallest absolute Gasteiger partial charge is 0.339 e. The number of methoxy groups -OCH3 is 1. The van der Waals surface area contributed by atoms with Gasteiger partial charge in [-0.05, 0) is 30.7 Å². The lowest BCUT2D eigenvalue weighted by Gasteiger charge is -2.14. The number of hydrogen-bond donors (Lipinski definition) is 1. The third-order valence-electron chi connectivity index (χ3n) is 3.86. The van der Waals surface area contributed by atoms with Crippen LogP contribution < -0.4 is 9.47 Å². The quantitative estimate of drug-likeness (QED) is 0.459. The minimum atomic E-state index is -1.12. The number of carboxylic acid groups (broad SMARTS) is 1. The van der Waals surface area contributed by atoms with E-state index >= 15 is 0 Å². The van der Waals surface area contributed by atoms with E-state index < -0.39 is 5.97 Å². The average Bonchev–Trinajstić information content (AvgIpc) is 2.69. The normalized spacial score (nSPS) is 11.0. The fourth-order valence-corrected chi connectivity index (χ4v) is 2.59. The Balaban J connectivity index is 1.93. The molecule has 0 saturated heterocycles. The molecule has 0 atom stereocenters. The number of ether oxygens (including phenoxy) is 3. The molecule has 28 heavy (non-hydrogen) atoms. The van der Waals surface area contributed by atoms with Crippen molar-refractivity contribution in [2.75, 3.05) is 7.11 Å². The molecule has 6 heteroatoms. The predicted molar refractivity (Wildman–Crippen MR) is 105 cm³/mol. The first kappa shape index (κ1) is 19.0. The first-order chi connectivity index (χ1) is 13.6. The second-order valence-electron chi connectivity index (χ2n) is 5.87. The van der Waals surface area contributed by atoms with Crippen molar-refractivity contribution in [3.05, 3.63) is 84.2 Å². The maximum absolute atomic E-state index is 11.6. The largest absolute Gasteiger partial charge is 0.503 e. The Morgan fingerprint density at radius 3 is 2.50 bits per heavy atom. The first-order valence-electron chi connectivity index (χ1n) is 8.51. The Hall–Kier alpha value is -3.80. The number of carboxylic acids is 1. The summed E-state index contributed by atoms with van der Waals surface area (Å²) in [5, 5.41) is 9.51. The minimum Gasteiger partial charge on any atom is -0.503 e. The van der Waals surface area contributed by atoms with E-state index in [2.05, 4.69) is 4.98 Å². The van der Waals surface area contributed by atoms with Crippen molar-refractivity contribution < 1.29 is 24.1 Å². The first-order valence-corrected chi connectivity index (χ1v) is 8.51. The number of aromatic nitrogens is 1. The molecule has 0 fully saturated rings. The van der Waals surface area contributed by atoms with Gasteiger partial charge in [0.05, 0.1) is 13.4 Å². The summed E-state index contributed by atoms with van der Waals surface area (Å²) in [6.07, 6.45) is 2.74. The van der Waals surface area contributed by atoms with Gasteiger partial charge in [0.15, 0.2) is 0 Å². The van der Waals surface area contributed by atoms with Crippen LogP contribution in [-0.4, -0.2) is 23.2 Å². The molecule has 0 aliphatic rings. The highest BCUT2D eigenvalue weighted by Gasteiger charge is 2.19. The highest BCUT2D eigenvalue weighted by atomic mass is 16.5. The number of carbonyl (C=O) groups is 1. The lowest BCUT2D eigenvalue weighted by Crippen LogP contribution is -2.03. The van der Waals surface area contributed by atoms with E-state index in [1.165, 1.54) is 13.4 Å². The van der Waals surface area contributed by atoms with E-state index in [-0.39, 0.29) is 11.5 Å². The van der Waals surface area contributed by atoms with Crippen LogP contribution >= 0.6 is 0 Å². The Morgan fingerprint density at radius 2 is 1.79 bits per heavy atom. The zero-order chi connectivity index (χ0) is 19.9. The number of aryl methyl sites for hydroxylation is 1. The molecule has 0 aliphatic carbocycles. The third-order valence-corrected chi connectivity index (χ3v) is 3.86. The van der Waals surface area contributed by atoms with E-state index in [0.717, 1.165) is 5.56 Å². The summed E-state index contributed by atoms with van der Waals surface area (Å²) in [4.78, 5) is 15.8. The molecule has 0 saturated carbocycles. The van der Waals surface area contributed by atoms with Gasteiger partial charge in [-0.1, -0.05) is 36.4 Å². The van der Waals surface area contributed by atoms with Gasteiger partial charge in [-0.2, -0.15) is 0 Å². The summed E-state index contributed by atoms with van der Waals surface area (Å²) in [6.45, 7) is 1.83. The minimum absolute atomic E-state index is 0.0158.